The third-order valence-corrected chi connectivity index (χ3v) is 5.99. The summed E-state index contributed by atoms with van der Waals surface area (Å²) in [6.07, 6.45) is -1.38. The highest BCUT2D eigenvalue weighted by Crippen LogP contribution is 2.32. The standard InChI is InChI=1S/C25H21BrClNO6/c1-15-24(33-20-8-6-19(27)7-9-20)34-25(31)28(15)14-17-13-18(26)5-10-22(17)32-21-4-2-3-16(11-21)12-23(29)30/h2-11,13,15,24H,12,14H2,1H3,(H,29,30)/t15-,24+/m1/s1. The Labute approximate surface area is 209 Å². The smallest absolute Gasteiger partial charge is 0.413 e. The molecular weight excluding hydrogens is 526 g/mol. The molecule has 0 unspecified atom stereocenters. The number of benzene rings is 3. The Morgan fingerprint density at radius 3 is 2.62 bits per heavy atom. The summed E-state index contributed by atoms with van der Waals surface area (Å²) in [5.74, 6) is 0.670. The van der Waals surface area contributed by atoms with Gasteiger partial charge >= 0.3 is 12.1 Å². The molecule has 1 fully saturated rings. The highest BCUT2D eigenvalue weighted by atomic mass is 79.9. The molecule has 1 heterocycles. The summed E-state index contributed by atoms with van der Waals surface area (Å²) in [6, 6.07) is 18.8. The van der Waals surface area contributed by atoms with Crippen LogP contribution in [0, 0.1) is 0 Å². The number of nitrogens with zero attached hydrogens (tertiary/aromatic N) is 1. The number of halogens is 2. The van der Waals surface area contributed by atoms with Gasteiger partial charge in [0.05, 0.1) is 13.0 Å². The summed E-state index contributed by atoms with van der Waals surface area (Å²) in [5, 5.41) is 9.63. The van der Waals surface area contributed by atoms with E-state index in [-0.39, 0.29) is 19.0 Å². The Kier molecular flexibility index (Phi) is 7.29. The van der Waals surface area contributed by atoms with Gasteiger partial charge in [-0.25, -0.2) is 4.79 Å². The monoisotopic (exact) mass is 545 g/mol. The third-order valence-electron chi connectivity index (χ3n) is 5.25. The minimum Gasteiger partial charge on any atom is -0.481 e. The van der Waals surface area contributed by atoms with Gasteiger partial charge in [-0.2, -0.15) is 0 Å². The van der Waals surface area contributed by atoms with Crippen molar-refractivity contribution in [1.82, 2.24) is 4.90 Å². The molecule has 7 nitrogen and oxygen atoms in total. The summed E-state index contributed by atoms with van der Waals surface area (Å²) in [6.45, 7) is 2.07. The molecule has 34 heavy (non-hydrogen) atoms. The van der Waals surface area contributed by atoms with E-state index >= 15 is 0 Å². The summed E-state index contributed by atoms with van der Waals surface area (Å²) in [7, 11) is 0. The molecule has 1 N–H and O–H groups in total. The number of hydrogen-bond acceptors (Lipinski definition) is 5. The molecule has 0 bridgehead atoms. The number of carboxylic acid groups (broad SMARTS) is 1. The van der Waals surface area contributed by atoms with E-state index < -0.39 is 18.4 Å². The summed E-state index contributed by atoms with van der Waals surface area (Å²) in [4.78, 5) is 25.2. The first-order chi connectivity index (χ1) is 16.3. The number of aliphatic carboxylic acids is 1. The molecule has 3 aromatic rings. The lowest BCUT2D eigenvalue weighted by atomic mass is 10.1. The second-order valence-electron chi connectivity index (χ2n) is 7.76. The van der Waals surface area contributed by atoms with Crippen LogP contribution >= 0.6 is 27.5 Å². The molecular formula is C25H21BrClNO6. The van der Waals surface area contributed by atoms with Crippen molar-refractivity contribution in [2.45, 2.75) is 32.2 Å². The highest BCUT2D eigenvalue weighted by Gasteiger charge is 2.40. The van der Waals surface area contributed by atoms with Crippen LogP contribution in [0.2, 0.25) is 5.02 Å². The Balaban J connectivity index is 1.51. The van der Waals surface area contributed by atoms with Crippen LogP contribution in [0.4, 0.5) is 4.79 Å². The van der Waals surface area contributed by atoms with E-state index in [2.05, 4.69) is 15.9 Å². The van der Waals surface area contributed by atoms with Crippen molar-refractivity contribution in [3.05, 3.63) is 87.4 Å². The van der Waals surface area contributed by atoms with Crippen molar-refractivity contribution in [2.75, 3.05) is 0 Å². The average Bonchev–Trinajstić information content (AvgIpc) is 3.04. The molecule has 0 aliphatic carbocycles. The maximum atomic E-state index is 12.6. The van der Waals surface area contributed by atoms with Gasteiger partial charge in [0.15, 0.2) is 0 Å². The van der Waals surface area contributed by atoms with Crippen molar-refractivity contribution in [2.24, 2.45) is 0 Å². The van der Waals surface area contributed by atoms with E-state index in [0.717, 1.165) is 10.0 Å². The van der Waals surface area contributed by atoms with Gasteiger partial charge in [-0.05, 0) is 67.1 Å². The number of carbonyl (C=O) groups excluding carboxylic acids is 1. The molecule has 2 atom stereocenters. The van der Waals surface area contributed by atoms with Crippen molar-refractivity contribution < 1.29 is 28.9 Å². The van der Waals surface area contributed by atoms with Gasteiger partial charge in [-0.1, -0.05) is 39.7 Å². The average molecular weight is 547 g/mol. The van der Waals surface area contributed by atoms with Crippen molar-refractivity contribution in [1.29, 1.82) is 0 Å². The molecule has 9 heteroatoms. The fourth-order valence-electron chi connectivity index (χ4n) is 3.53. The highest BCUT2D eigenvalue weighted by molar-refractivity contribution is 9.10. The predicted octanol–water partition coefficient (Wildman–Crippen LogP) is 6.27. The zero-order valence-corrected chi connectivity index (χ0v) is 20.5. The van der Waals surface area contributed by atoms with Gasteiger partial charge in [-0.15, -0.1) is 0 Å². The van der Waals surface area contributed by atoms with E-state index in [1.165, 1.54) is 0 Å². The Bertz CT molecular complexity index is 1200. The molecule has 1 saturated heterocycles. The van der Waals surface area contributed by atoms with Crippen LogP contribution in [0.3, 0.4) is 0 Å². The summed E-state index contributed by atoms with van der Waals surface area (Å²) in [5.41, 5.74) is 1.37. The number of ether oxygens (including phenoxy) is 3. The second-order valence-corrected chi connectivity index (χ2v) is 9.12. The lowest BCUT2D eigenvalue weighted by Gasteiger charge is -2.22. The summed E-state index contributed by atoms with van der Waals surface area (Å²) < 4.78 is 18.2. The van der Waals surface area contributed by atoms with Gasteiger partial charge in [0, 0.05) is 15.1 Å². The minimum absolute atomic E-state index is 0.101. The van der Waals surface area contributed by atoms with Crippen LogP contribution < -0.4 is 9.47 Å². The predicted molar refractivity (Wildman–Crippen MR) is 129 cm³/mol. The molecule has 3 aromatic carbocycles. The van der Waals surface area contributed by atoms with Gasteiger partial charge in [0.25, 0.3) is 6.29 Å². The number of carboxylic acids is 1. The van der Waals surface area contributed by atoms with Crippen molar-refractivity contribution >= 4 is 39.6 Å². The maximum absolute atomic E-state index is 12.6. The van der Waals surface area contributed by atoms with Crippen LogP contribution in [0.1, 0.15) is 18.1 Å². The van der Waals surface area contributed by atoms with E-state index in [9.17, 15) is 9.59 Å². The molecule has 0 aromatic heterocycles. The third kappa shape index (κ3) is 5.81. The first kappa shape index (κ1) is 23.9. The molecule has 0 radical (unpaired) electrons. The fourth-order valence-corrected chi connectivity index (χ4v) is 4.07. The normalized spacial score (nSPS) is 17.4. The van der Waals surface area contributed by atoms with Gasteiger partial charge in [0.1, 0.15) is 23.3 Å². The number of hydrogen-bond donors (Lipinski definition) is 1. The Morgan fingerprint density at radius 2 is 1.88 bits per heavy atom. The lowest BCUT2D eigenvalue weighted by Crippen LogP contribution is -2.36. The molecule has 4 rings (SSSR count). The molecule has 1 aliphatic rings. The van der Waals surface area contributed by atoms with Crippen LogP contribution in [0.5, 0.6) is 17.2 Å². The van der Waals surface area contributed by atoms with Crippen molar-refractivity contribution in [3.8, 4) is 17.2 Å². The molecule has 0 saturated carbocycles. The van der Waals surface area contributed by atoms with Crippen LogP contribution in [-0.4, -0.2) is 34.4 Å². The molecule has 176 valence electrons. The van der Waals surface area contributed by atoms with Gasteiger partial charge < -0.3 is 19.3 Å². The molecule has 1 aliphatic heterocycles. The Morgan fingerprint density at radius 1 is 1.12 bits per heavy atom. The number of cyclic esters (lactones) is 1. The van der Waals surface area contributed by atoms with Crippen LogP contribution in [-0.2, 0) is 22.5 Å². The zero-order chi connectivity index (χ0) is 24.2. The minimum atomic E-state index is -0.918. The summed E-state index contributed by atoms with van der Waals surface area (Å²) >= 11 is 9.39. The Hall–Kier alpha value is -3.23. The van der Waals surface area contributed by atoms with Crippen LogP contribution in [0.15, 0.2) is 71.2 Å². The number of rotatable bonds is 8. The lowest BCUT2D eigenvalue weighted by molar-refractivity contribution is -0.136. The first-order valence-corrected chi connectivity index (χ1v) is 11.6. The first-order valence-electron chi connectivity index (χ1n) is 10.4. The maximum Gasteiger partial charge on any atom is 0.413 e. The van der Waals surface area contributed by atoms with E-state index in [1.807, 2.05) is 19.1 Å². The SMILES string of the molecule is C[C@@H]1[C@@H](Oc2ccc(Cl)cc2)OC(=O)N1Cc1cc(Br)ccc1Oc1cccc(CC(=O)O)c1. The van der Waals surface area contributed by atoms with E-state index in [1.54, 1.807) is 59.5 Å². The quantitative estimate of drug-likeness (QED) is 0.359. The van der Waals surface area contributed by atoms with E-state index in [0.29, 0.717) is 27.8 Å². The van der Waals surface area contributed by atoms with Crippen molar-refractivity contribution in [3.63, 3.8) is 0 Å². The molecule has 0 spiro atoms. The number of amides is 1. The van der Waals surface area contributed by atoms with Gasteiger partial charge in [-0.3, -0.25) is 9.69 Å². The second kappa shape index (κ2) is 10.4. The zero-order valence-electron chi connectivity index (χ0n) is 18.1. The fraction of sp³-hybridized carbons (Fsp3) is 0.200. The topological polar surface area (TPSA) is 85.3 Å². The van der Waals surface area contributed by atoms with Gasteiger partial charge in [0.2, 0.25) is 0 Å². The van der Waals surface area contributed by atoms with E-state index in [4.69, 9.17) is 30.9 Å². The molecule has 1 amide bonds. The van der Waals surface area contributed by atoms with Crippen LogP contribution in [0.25, 0.3) is 0 Å². The largest absolute Gasteiger partial charge is 0.481 e. The number of carbonyl (C=O) groups is 2.